The number of anilines is 2. The molecule has 2 heterocycles. The molecule has 1 N–H and O–H groups in total. The average molecular weight is 446 g/mol. The predicted molar refractivity (Wildman–Crippen MR) is 113 cm³/mol. The number of carbonyl (C=O) groups is 2. The monoisotopic (exact) mass is 446 g/mol. The number of sulfonamides is 1. The van der Waals surface area contributed by atoms with Crippen molar-refractivity contribution >= 4 is 33.3 Å². The summed E-state index contributed by atoms with van der Waals surface area (Å²) in [6, 6.07) is 9.99. The van der Waals surface area contributed by atoms with Crippen molar-refractivity contribution in [3.8, 4) is 11.5 Å². The fourth-order valence-electron chi connectivity index (χ4n) is 3.87. The molecule has 0 unspecified atom stereocenters. The molecule has 4 rings (SSSR count). The second-order valence-corrected chi connectivity index (χ2v) is 9.22. The van der Waals surface area contributed by atoms with Crippen molar-refractivity contribution in [3.63, 3.8) is 0 Å². The van der Waals surface area contributed by atoms with E-state index in [-0.39, 0.29) is 29.4 Å². The van der Waals surface area contributed by atoms with Gasteiger partial charge in [-0.25, -0.2) is 13.2 Å². The first-order valence-corrected chi connectivity index (χ1v) is 11.3. The molecule has 0 bridgehead atoms. The van der Waals surface area contributed by atoms with Crippen LogP contribution in [0, 0.1) is 0 Å². The Labute approximate surface area is 179 Å². The second kappa shape index (κ2) is 8.10. The molecule has 0 aliphatic carbocycles. The third kappa shape index (κ3) is 3.90. The van der Waals surface area contributed by atoms with Gasteiger partial charge in [-0.05, 0) is 30.7 Å². The number of nitrogens with zero attached hydrogens (tertiary/aromatic N) is 1. The molecule has 2 aromatic rings. The summed E-state index contributed by atoms with van der Waals surface area (Å²) in [5.74, 6) is -0.166. The molecule has 1 atom stereocenters. The van der Waals surface area contributed by atoms with Crippen molar-refractivity contribution in [2.75, 3.05) is 36.1 Å². The van der Waals surface area contributed by atoms with Crippen LogP contribution in [0.1, 0.15) is 34.9 Å². The third-order valence-electron chi connectivity index (χ3n) is 5.27. The SMILES string of the molecule is COc1ccc2c(c1OC)C(=O)O[C@@H]2CC(=O)Nc1cccc(N2CCCS2(=O)=O)c1. The van der Waals surface area contributed by atoms with Crippen molar-refractivity contribution < 1.29 is 32.2 Å². The molecule has 31 heavy (non-hydrogen) atoms. The van der Waals surface area contributed by atoms with Gasteiger partial charge < -0.3 is 19.5 Å². The van der Waals surface area contributed by atoms with Crippen molar-refractivity contribution in [1.82, 2.24) is 0 Å². The first-order valence-electron chi connectivity index (χ1n) is 9.70. The number of fused-ring (bicyclic) bond motifs is 1. The minimum Gasteiger partial charge on any atom is -0.493 e. The van der Waals surface area contributed by atoms with Crippen LogP contribution in [0.3, 0.4) is 0 Å². The zero-order chi connectivity index (χ0) is 22.2. The Balaban J connectivity index is 1.50. The Bertz CT molecular complexity index is 1150. The molecule has 0 aromatic heterocycles. The number of nitrogens with one attached hydrogen (secondary N) is 1. The van der Waals surface area contributed by atoms with E-state index in [1.54, 1.807) is 36.4 Å². The van der Waals surface area contributed by atoms with E-state index in [0.29, 0.717) is 35.7 Å². The van der Waals surface area contributed by atoms with E-state index in [2.05, 4.69) is 5.32 Å². The smallest absolute Gasteiger partial charge is 0.343 e. The molecular weight excluding hydrogens is 424 g/mol. The van der Waals surface area contributed by atoms with Gasteiger partial charge in [0.15, 0.2) is 11.5 Å². The fourth-order valence-corrected chi connectivity index (χ4v) is 5.43. The van der Waals surface area contributed by atoms with Crippen molar-refractivity contribution in [1.29, 1.82) is 0 Å². The van der Waals surface area contributed by atoms with E-state index >= 15 is 0 Å². The van der Waals surface area contributed by atoms with Gasteiger partial charge in [0.25, 0.3) is 0 Å². The molecule has 0 radical (unpaired) electrons. The largest absolute Gasteiger partial charge is 0.493 e. The number of benzene rings is 2. The van der Waals surface area contributed by atoms with Crippen LogP contribution in [0.4, 0.5) is 11.4 Å². The summed E-state index contributed by atoms with van der Waals surface area (Å²) in [5.41, 5.74) is 1.77. The maximum atomic E-state index is 12.6. The van der Waals surface area contributed by atoms with Crippen LogP contribution in [-0.4, -0.2) is 46.8 Å². The number of carbonyl (C=O) groups excluding carboxylic acids is 2. The van der Waals surface area contributed by atoms with Crippen LogP contribution >= 0.6 is 0 Å². The number of rotatable bonds is 6. The van der Waals surface area contributed by atoms with Crippen LogP contribution in [0.5, 0.6) is 11.5 Å². The van der Waals surface area contributed by atoms with Gasteiger partial charge >= 0.3 is 5.97 Å². The van der Waals surface area contributed by atoms with E-state index in [9.17, 15) is 18.0 Å². The number of esters is 1. The summed E-state index contributed by atoms with van der Waals surface area (Å²) in [7, 11) is -0.416. The summed E-state index contributed by atoms with van der Waals surface area (Å²) in [4.78, 5) is 25.0. The van der Waals surface area contributed by atoms with Gasteiger partial charge in [0.2, 0.25) is 15.9 Å². The Morgan fingerprint density at radius 2 is 2.03 bits per heavy atom. The van der Waals surface area contributed by atoms with E-state index in [0.717, 1.165) is 0 Å². The highest BCUT2D eigenvalue weighted by molar-refractivity contribution is 7.93. The second-order valence-electron chi connectivity index (χ2n) is 7.20. The summed E-state index contributed by atoms with van der Waals surface area (Å²) >= 11 is 0. The highest BCUT2D eigenvalue weighted by Crippen LogP contribution is 2.43. The highest BCUT2D eigenvalue weighted by atomic mass is 32.2. The van der Waals surface area contributed by atoms with E-state index in [1.807, 2.05) is 0 Å². The van der Waals surface area contributed by atoms with Crippen LogP contribution in [0.15, 0.2) is 36.4 Å². The van der Waals surface area contributed by atoms with Gasteiger partial charge in [0, 0.05) is 17.8 Å². The van der Waals surface area contributed by atoms with E-state index in [1.165, 1.54) is 18.5 Å². The van der Waals surface area contributed by atoms with Crippen LogP contribution in [-0.2, 0) is 19.6 Å². The first-order chi connectivity index (χ1) is 14.8. The topological polar surface area (TPSA) is 111 Å². The Morgan fingerprint density at radius 1 is 1.23 bits per heavy atom. The average Bonchev–Trinajstić information content (AvgIpc) is 3.25. The molecule has 2 aliphatic heterocycles. The Kier molecular flexibility index (Phi) is 5.48. The van der Waals surface area contributed by atoms with Crippen molar-refractivity contribution in [3.05, 3.63) is 47.5 Å². The molecule has 9 nitrogen and oxygen atoms in total. The highest BCUT2D eigenvalue weighted by Gasteiger charge is 2.37. The van der Waals surface area contributed by atoms with Crippen molar-refractivity contribution in [2.45, 2.75) is 18.9 Å². The summed E-state index contributed by atoms with van der Waals surface area (Å²) in [5, 5.41) is 2.75. The van der Waals surface area contributed by atoms with Gasteiger partial charge in [-0.2, -0.15) is 0 Å². The summed E-state index contributed by atoms with van der Waals surface area (Å²) in [6.07, 6.45) is -0.287. The fraction of sp³-hybridized carbons (Fsp3) is 0.333. The van der Waals surface area contributed by atoms with E-state index in [4.69, 9.17) is 14.2 Å². The van der Waals surface area contributed by atoms with Gasteiger partial charge in [0.1, 0.15) is 11.7 Å². The molecule has 1 fully saturated rings. The molecule has 1 saturated heterocycles. The lowest BCUT2D eigenvalue weighted by Crippen LogP contribution is -2.25. The zero-order valence-electron chi connectivity index (χ0n) is 17.1. The molecule has 0 spiro atoms. The number of hydrogen-bond acceptors (Lipinski definition) is 7. The van der Waals surface area contributed by atoms with Crippen LogP contribution < -0.4 is 19.1 Å². The number of cyclic esters (lactones) is 1. The van der Waals surface area contributed by atoms with Gasteiger partial charge in [-0.15, -0.1) is 0 Å². The third-order valence-corrected chi connectivity index (χ3v) is 7.14. The zero-order valence-corrected chi connectivity index (χ0v) is 17.9. The molecular formula is C21H22N2O7S. The van der Waals surface area contributed by atoms with Gasteiger partial charge in [-0.3, -0.25) is 9.10 Å². The number of amides is 1. The quantitative estimate of drug-likeness (QED) is 0.679. The molecule has 0 saturated carbocycles. The standard InChI is InChI=1S/C21H22N2O7S/c1-28-16-8-7-15-17(30-21(25)19(15)20(16)29-2)12-18(24)22-13-5-3-6-14(11-13)23-9-4-10-31(23,26)27/h3,5-8,11,17H,4,9-10,12H2,1-2H3,(H,22,24)/t17-/m1/s1. The number of methoxy groups -OCH3 is 2. The minimum absolute atomic E-state index is 0.0968. The van der Waals surface area contributed by atoms with Crippen molar-refractivity contribution in [2.24, 2.45) is 0 Å². The lowest BCUT2D eigenvalue weighted by molar-refractivity contribution is -0.118. The molecule has 2 aliphatic rings. The van der Waals surface area contributed by atoms with Crippen LogP contribution in [0.2, 0.25) is 0 Å². The number of hydrogen-bond donors (Lipinski definition) is 1. The summed E-state index contributed by atoms with van der Waals surface area (Å²) in [6.45, 7) is 0.417. The Morgan fingerprint density at radius 3 is 2.71 bits per heavy atom. The normalized spacial score (nSPS) is 19.0. The lowest BCUT2D eigenvalue weighted by Gasteiger charge is -2.18. The first kappa shape index (κ1) is 21.0. The lowest BCUT2D eigenvalue weighted by atomic mass is 10.0. The maximum absolute atomic E-state index is 12.6. The number of ether oxygens (including phenoxy) is 3. The maximum Gasteiger partial charge on any atom is 0.343 e. The van der Waals surface area contributed by atoms with Gasteiger partial charge in [0.05, 0.1) is 32.1 Å². The molecule has 2 aromatic carbocycles. The van der Waals surface area contributed by atoms with E-state index < -0.39 is 22.1 Å². The predicted octanol–water partition coefficient (Wildman–Crippen LogP) is 2.48. The Hall–Kier alpha value is -3.27. The minimum atomic E-state index is -3.31. The molecule has 1 amide bonds. The van der Waals surface area contributed by atoms with Crippen LogP contribution in [0.25, 0.3) is 0 Å². The summed E-state index contributed by atoms with van der Waals surface area (Å²) < 4.78 is 41.5. The molecule has 164 valence electrons. The van der Waals surface area contributed by atoms with Gasteiger partial charge in [-0.1, -0.05) is 12.1 Å². The molecule has 10 heteroatoms.